The summed E-state index contributed by atoms with van der Waals surface area (Å²) < 4.78 is 31.6. The number of rotatable bonds is 6. The molecule has 0 saturated heterocycles. The standard InChI is InChI=1S/C11H19BrN2O3S/c1-7(2)5-10(12)6-13-18(15,16)11-8(3)14-17-9(11)4/h7,10,13H,5-6H2,1-4H3. The molecule has 1 unspecified atom stereocenters. The Bertz CT molecular complexity index is 477. The van der Waals surface area contributed by atoms with Crippen LogP contribution in [0.3, 0.4) is 0 Å². The van der Waals surface area contributed by atoms with Gasteiger partial charge in [-0.3, -0.25) is 0 Å². The summed E-state index contributed by atoms with van der Waals surface area (Å²) in [5.74, 6) is 0.827. The van der Waals surface area contributed by atoms with E-state index >= 15 is 0 Å². The van der Waals surface area contributed by atoms with Crippen LogP contribution in [0.25, 0.3) is 0 Å². The van der Waals surface area contributed by atoms with E-state index in [1.165, 1.54) is 0 Å². The molecule has 104 valence electrons. The fraction of sp³-hybridized carbons (Fsp3) is 0.727. The smallest absolute Gasteiger partial charge is 0.246 e. The van der Waals surface area contributed by atoms with Crippen molar-refractivity contribution < 1.29 is 12.9 Å². The molecule has 0 aliphatic carbocycles. The van der Waals surface area contributed by atoms with Gasteiger partial charge in [-0.2, -0.15) is 0 Å². The molecule has 0 aliphatic heterocycles. The summed E-state index contributed by atoms with van der Waals surface area (Å²) in [6.07, 6.45) is 0.907. The van der Waals surface area contributed by atoms with Gasteiger partial charge in [-0.1, -0.05) is 34.9 Å². The molecule has 0 fully saturated rings. The molecular weight excluding hydrogens is 320 g/mol. The van der Waals surface area contributed by atoms with Crippen molar-refractivity contribution in [2.45, 2.75) is 43.8 Å². The van der Waals surface area contributed by atoms with E-state index in [1.807, 2.05) is 0 Å². The van der Waals surface area contributed by atoms with Crippen LogP contribution in [0.2, 0.25) is 0 Å². The van der Waals surface area contributed by atoms with Crippen LogP contribution in [0.15, 0.2) is 9.42 Å². The molecule has 0 amide bonds. The van der Waals surface area contributed by atoms with Crippen LogP contribution < -0.4 is 4.72 Å². The lowest BCUT2D eigenvalue weighted by Crippen LogP contribution is -2.30. The predicted molar refractivity (Wildman–Crippen MR) is 73.3 cm³/mol. The van der Waals surface area contributed by atoms with Gasteiger partial charge in [-0.05, 0) is 26.2 Å². The number of nitrogens with one attached hydrogen (secondary N) is 1. The van der Waals surface area contributed by atoms with Gasteiger partial charge in [0.2, 0.25) is 10.0 Å². The molecule has 1 heterocycles. The first-order valence-corrected chi connectivity index (χ1v) is 8.20. The van der Waals surface area contributed by atoms with Crippen LogP contribution in [0.5, 0.6) is 0 Å². The summed E-state index contributed by atoms with van der Waals surface area (Å²) in [7, 11) is -3.55. The van der Waals surface area contributed by atoms with Gasteiger partial charge in [0.25, 0.3) is 0 Å². The Kier molecular flexibility index (Phi) is 5.36. The molecule has 5 nitrogen and oxygen atoms in total. The Morgan fingerprint density at radius 2 is 2.00 bits per heavy atom. The highest BCUT2D eigenvalue weighted by Crippen LogP contribution is 2.19. The van der Waals surface area contributed by atoms with E-state index in [4.69, 9.17) is 4.52 Å². The Balaban J connectivity index is 2.72. The average molecular weight is 339 g/mol. The van der Waals surface area contributed by atoms with Gasteiger partial charge in [-0.15, -0.1) is 0 Å². The van der Waals surface area contributed by atoms with Crippen LogP contribution in [0.4, 0.5) is 0 Å². The Morgan fingerprint density at radius 1 is 1.39 bits per heavy atom. The second-order valence-electron chi connectivity index (χ2n) is 4.73. The molecule has 0 spiro atoms. The van der Waals surface area contributed by atoms with Gasteiger partial charge in [0.15, 0.2) is 5.76 Å². The van der Waals surface area contributed by atoms with E-state index in [0.717, 1.165) is 6.42 Å². The summed E-state index contributed by atoms with van der Waals surface area (Å²) in [6.45, 7) is 7.75. The highest BCUT2D eigenvalue weighted by Gasteiger charge is 2.24. The maximum atomic E-state index is 12.1. The minimum absolute atomic E-state index is 0.118. The molecule has 0 aliphatic rings. The van der Waals surface area contributed by atoms with E-state index < -0.39 is 10.0 Å². The van der Waals surface area contributed by atoms with E-state index in [1.54, 1.807) is 13.8 Å². The lowest BCUT2D eigenvalue weighted by molar-refractivity contribution is 0.390. The minimum Gasteiger partial charge on any atom is -0.360 e. The van der Waals surface area contributed by atoms with Crippen molar-refractivity contribution in [2.75, 3.05) is 6.54 Å². The molecular formula is C11H19BrN2O3S. The van der Waals surface area contributed by atoms with Crippen LogP contribution in [-0.4, -0.2) is 24.9 Å². The second-order valence-corrected chi connectivity index (χ2v) is 7.73. The van der Waals surface area contributed by atoms with Gasteiger partial charge in [0, 0.05) is 11.4 Å². The fourth-order valence-electron chi connectivity index (χ4n) is 1.73. The molecule has 1 rings (SSSR count). The summed E-state index contributed by atoms with van der Waals surface area (Å²) in [5.41, 5.74) is 0.384. The molecule has 18 heavy (non-hydrogen) atoms. The number of sulfonamides is 1. The largest absolute Gasteiger partial charge is 0.360 e. The Hall–Kier alpha value is -0.400. The summed E-state index contributed by atoms with van der Waals surface area (Å²) in [6, 6.07) is 0. The van der Waals surface area contributed by atoms with Crippen molar-refractivity contribution >= 4 is 26.0 Å². The first-order chi connectivity index (χ1) is 8.24. The van der Waals surface area contributed by atoms with Crippen molar-refractivity contribution in [2.24, 2.45) is 5.92 Å². The van der Waals surface area contributed by atoms with Crippen molar-refractivity contribution in [3.8, 4) is 0 Å². The highest BCUT2D eigenvalue weighted by molar-refractivity contribution is 9.09. The SMILES string of the molecule is Cc1noc(C)c1S(=O)(=O)NCC(Br)CC(C)C. The molecule has 0 saturated carbocycles. The summed E-state index contributed by atoms with van der Waals surface area (Å²) in [4.78, 5) is 0.263. The molecule has 0 bridgehead atoms. The fourth-order valence-corrected chi connectivity index (χ4v) is 4.26. The van der Waals surface area contributed by atoms with Crippen molar-refractivity contribution in [1.29, 1.82) is 0 Å². The third-order valence-electron chi connectivity index (χ3n) is 2.46. The van der Waals surface area contributed by atoms with Crippen molar-refractivity contribution in [3.63, 3.8) is 0 Å². The number of hydrogen-bond acceptors (Lipinski definition) is 4. The molecule has 1 aromatic heterocycles. The number of nitrogens with zero attached hydrogens (tertiary/aromatic N) is 1. The van der Waals surface area contributed by atoms with E-state index in [-0.39, 0.29) is 9.72 Å². The molecule has 7 heteroatoms. The normalized spacial score (nSPS) is 14.1. The van der Waals surface area contributed by atoms with E-state index in [9.17, 15) is 8.42 Å². The topological polar surface area (TPSA) is 72.2 Å². The Labute approximate surface area is 116 Å². The highest BCUT2D eigenvalue weighted by atomic mass is 79.9. The number of halogens is 1. The van der Waals surface area contributed by atoms with Gasteiger partial charge >= 0.3 is 0 Å². The molecule has 1 aromatic rings. The maximum absolute atomic E-state index is 12.1. The number of alkyl halides is 1. The van der Waals surface area contributed by atoms with Crippen LogP contribution in [-0.2, 0) is 10.0 Å². The lowest BCUT2D eigenvalue weighted by Gasteiger charge is -2.13. The number of aromatic nitrogens is 1. The zero-order chi connectivity index (χ0) is 13.9. The van der Waals surface area contributed by atoms with Crippen molar-refractivity contribution in [3.05, 3.63) is 11.5 Å². The zero-order valence-corrected chi connectivity index (χ0v) is 13.4. The minimum atomic E-state index is -3.55. The molecule has 0 aromatic carbocycles. The van der Waals surface area contributed by atoms with Gasteiger partial charge in [-0.25, -0.2) is 13.1 Å². The van der Waals surface area contributed by atoms with Gasteiger partial charge in [0.1, 0.15) is 10.6 Å². The molecule has 0 radical (unpaired) electrons. The average Bonchev–Trinajstić information content (AvgIpc) is 2.55. The summed E-state index contributed by atoms with van der Waals surface area (Å²) in [5, 5.41) is 3.65. The van der Waals surface area contributed by atoms with E-state index in [0.29, 0.717) is 23.9 Å². The van der Waals surface area contributed by atoms with Gasteiger partial charge in [0.05, 0.1) is 0 Å². The monoisotopic (exact) mass is 338 g/mol. The lowest BCUT2D eigenvalue weighted by atomic mass is 10.1. The van der Waals surface area contributed by atoms with Crippen LogP contribution >= 0.6 is 15.9 Å². The second kappa shape index (κ2) is 6.16. The Morgan fingerprint density at radius 3 is 2.44 bits per heavy atom. The van der Waals surface area contributed by atoms with Crippen LogP contribution in [0.1, 0.15) is 31.7 Å². The number of hydrogen-bond donors (Lipinski definition) is 1. The quantitative estimate of drug-likeness (QED) is 0.808. The third kappa shape index (κ3) is 4.07. The molecule has 1 N–H and O–H groups in total. The first-order valence-electron chi connectivity index (χ1n) is 5.80. The molecule has 1 atom stereocenters. The van der Waals surface area contributed by atoms with Crippen molar-refractivity contribution in [1.82, 2.24) is 9.88 Å². The predicted octanol–water partition coefficient (Wildman–Crippen LogP) is 2.38. The van der Waals surface area contributed by atoms with E-state index in [2.05, 4.69) is 39.7 Å². The zero-order valence-electron chi connectivity index (χ0n) is 11.0. The maximum Gasteiger partial charge on any atom is 0.246 e. The van der Waals surface area contributed by atoms with Gasteiger partial charge < -0.3 is 4.52 Å². The summed E-state index contributed by atoms with van der Waals surface area (Å²) >= 11 is 3.47. The first kappa shape index (κ1) is 15.7. The number of aryl methyl sites for hydroxylation is 2. The third-order valence-corrected chi connectivity index (χ3v) is 4.82. The van der Waals surface area contributed by atoms with Crippen LogP contribution in [0, 0.1) is 19.8 Å².